The minimum Gasteiger partial charge on any atom is -0.347 e. The van der Waals surface area contributed by atoms with Crippen LogP contribution in [0.5, 0.6) is 0 Å². The van der Waals surface area contributed by atoms with Gasteiger partial charge in [-0.25, -0.2) is 4.79 Å². The van der Waals surface area contributed by atoms with Crippen molar-refractivity contribution in [3.8, 4) is 5.69 Å². The lowest BCUT2D eigenvalue weighted by Crippen LogP contribution is -2.37. The van der Waals surface area contributed by atoms with Crippen LogP contribution in [0.2, 0.25) is 0 Å². The van der Waals surface area contributed by atoms with Gasteiger partial charge in [-0.3, -0.25) is 4.79 Å². The molecule has 0 bridgehead atoms. The van der Waals surface area contributed by atoms with E-state index in [-0.39, 0.29) is 24.4 Å². The van der Waals surface area contributed by atoms with E-state index in [4.69, 9.17) is 0 Å². The van der Waals surface area contributed by atoms with Crippen LogP contribution >= 0.6 is 0 Å². The number of tetrazole rings is 1. The Morgan fingerprint density at radius 3 is 2.23 bits per heavy atom. The van der Waals surface area contributed by atoms with E-state index in [1.165, 1.54) is 4.68 Å². The zero-order valence-electron chi connectivity index (χ0n) is 14.7. The van der Waals surface area contributed by atoms with Gasteiger partial charge in [0.05, 0.1) is 11.7 Å². The summed E-state index contributed by atoms with van der Waals surface area (Å²) in [5.74, 6) is -0.0761. The second kappa shape index (κ2) is 7.77. The van der Waals surface area contributed by atoms with Crippen LogP contribution in [-0.2, 0) is 11.3 Å². The van der Waals surface area contributed by atoms with E-state index in [0.29, 0.717) is 5.69 Å². The Bertz CT molecular complexity index is 916. The molecule has 0 saturated heterocycles. The highest BCUT2D eigenvalue weighted by Gasteiger charge is 2.19. The predicted octanol–water partition coefficient (Wildman–Crippen LogP) is 1.94. The highest BCUT2D eigenvalue weighted by molar-refractivity contribution is 5.76. The van der Waals surface area contributed by atoms with Gasteiger partial charge in [0.1, 0.15) is 6.54 Å². The molecule has 0 aliphatic rings. The van der Waals surface area contributed by atoms with Crippen molar-refractivity contribution in [3.05, 3.63) is 76.7 Å². The van der Waals surface area contributed by atoms with Crippen molar-refractivity contribution in [2.75, 3.05) is 0 Å². The Morgan fingerprint density at radius 2 is 1.62 bits per heavy atom. The summed E-state index contributed by atoms with van der Waals surface area (Å²) >= 11 is 0. The van der Waals surface area contributed by atoms with Crippen LogP contribution in [0.3, 0.4) is 0 Å². The number of nitrogens with zero attached hydrogens (tertiary/aromatic N) is 4. The summed E-state index contributed by atoms with van der Waals surface area (Å²) in [5, 5.41) is 10.6. The first kappa shape index (κ1) is 17.6. The minimum atomic E-state index is -0.452. The van der Waals surface area contributed by atoms with Crippen LogP contribution in [0.4, 0.5) is 0 Å². The molecule has 3 aromatic rings. The third-order valence-electron chi connectivity index (χ3n) is 4.08. The SMILES string of the molecule is CC(C)[C@@H](NC(=O)Cn1nnn(-c2ccccc2)c1=O)c1ccccc1. The van der Waals surface area contributed by atoms with E-state index in [1.807, 2.05) is 50.2 Å². The number of amides is 1. The lowest BCUT2D eigenvalue weighted by atomic mass is 9.96. The van der Waals surface area contributed by atoms with Gasteiger partial charge in [-0.15, -0.1) is 0 Å². The van der Waals surface area contributed by atoms with E-state index < -0.39 is 5.69 Å². The van der Waals surface area contributed by atoms with E-state index in [2.05, 4.69) is 15.7 Å². The maximum atomic E-state index is 12.5. The van der Waals surface area contributed by atoms with Crippen molar-refractivity contribution in [3.63, 3.8) is 0 Å². The molecule has 3 rings (SSSR count). The fourth-order valence-electron chi connectivity index (χ4n) is 2.76. The summed E-state index contributed by atoms with van der Waals surface area (Å²) < 4.78 is 2.23. The fraction of sp³-hybridized carbons (Fsp3) is 0.263. The molecule has 1 aromatic heterocycles. The topological polar surface area (TPSA) is 81.8 Å². The predicted molar refractivity (Wildman–Crippen MR) is 97.8 cm³/mol. The second-order valence-electron chi connectivity index (χ2n) is 6.37. The van der Waals surface area contributed by atoms with Crippen molar-refractivity contribution < 1.29 is 4.79 Å². The van der Waals surface area contributed by atoms with Crippen molar-refractivity contribution in [1.82, 2.24) is 25.1 Å². The molecule has 0 spiro atoms. The quantitative estimate of drug-likeness (QED) is 0.736. The Hall–Kier alpha value is -3.22. The third-order valence-corrected chi connectivity index (χ3v) is 4.08. The summed E-state index contributed by atoms with van der Waals surface area (Å²) in [6, 6.07) is 18.6. The molecule has 1 N–H and O–H groups in total. The van der Waals surface area contributed by atoms with Gasteiger partial charge in [0, 0.05) is 0 Å². The smallest absolute Gasteiger partial charge is 0.347 e. The zero-order valence-corrected chi connectivity index (χ0v) is 14.7. The maximum absolute atomic E-state index is 12.5. The van der Waals surface area contributed by atoms with Crippen LogP contribution in [0.25, 0.3) is 5.69 Å². The molecule has 1 atom stereocenters. The molecule has 7 nitrogen and oxygen atoms in total. The summed E-state index contributed by atoms with van der Waals surface area (Å²) in [5.41, 5.74) is 1.18. The number of carbonyl (C=O) groups is 1. The Morgan fingerprint density at radius 1 is 1.00 bits per heavy atom. The average Bonchev–Trinajstić information content (AvgIpc) is 3.01. The van der Waals surface area contributed by atoms with Gasteiger partial charge in [-0.05, 0) is 34.0 Å². The first-order chi connectivity index (χ1) is 12.6. The molecular formula is C19H21N5O2. The second-order valence-corrected chi connectivity index (χ2v) is 6.37. The highest BCUT2D eigenvalue weighted by Crippen LogP contribution is 2.21. The first-order valence-corrected chi connectivity index (χ1v) is 8.49. The summed E-state index contributed by atoms with van der Waals surface area (Å²) in [4.78, 5) is 24.9. The molecule has 1 heterocycles. The monoisotopic (exact) mass is 351 g/mol. The van der Waals surface area contributed by atoms with Crippen molar-refractivity contribution >= 4 is 5.91 Å². The summed E-state index contributed by atoms with van der Waals surface area (Å²) in [7, 11) is 0. The van der Waals surface area contributed by atoms with Gasteiger partial charge in [0.2, 0.25) is 5.91 Å². The number of benzene rings is 2. The molecule has 2 aromatic carbocycles. The molecule has 0 radical (unpaired) electrons. The lowest BCUT2D eigenvalue weighted by molar-refractivity contribution is -0.123. The molecule has 134 valence electrons. The summed E-state index contributed by atoms with van der Waals surface area (Å²) in [6.45, 7) is 3.90. The van der Waals surface area contributed by atoms with Crippen LogP contribution in [0, 0.1) is 5.92 Å². The molecular weight excluding hydrogens is 330 g/mol. The van der Waals surface area contributed by atoms with Crippen LogP contribution in [0.15, 0.2) is 65.5 Å². The number of para-hydroxylation sites is 1. The highest BCUT2D eigenvalue weighted by atomic mass is 16.2. The van der Waals surface area contributed by atoms with Crippen molar-refractivity contribution in [2.24, 2.45) is 5.92 Å². The van der Waals surface area contributed by atoms with E-state index >= 15 is 0 Å². The molecule has 7 heteroatoms. The Kier molecular flexibility index (Phi) is 5.26. The fourth-order valence-corrected chi connectivity index (χ4v) is 2.76. The van der Waals surface area contributed by atoms with Crippen LogP contribution < -0.4 is 11.0 Å². The number of carbonyl (C=O) groups excluding carboxylic acids is 1. The number of hydrogen-bond donors (Lipinski definition) is 1. The number of nitrogens with one attached hydrogen (secondary N) is 1. The van der Waals surface area contributed by atoms with Crippen molar-refractivity contribution in [1.29, 1.82) is 0 Å². The Labute approximate surface area is 151 Å². The van der Waals surface area contributed by atoms with Crippen molar-refractivity contribution in [2.45, 2.75) is 26.4 Å². The van der Waals surface area contributed by atoms with E-state index in [0.717, 1.165) is 10.2 Å². The lowest BCUT2D eigenvalue weighted by Gasteiger charge is -2.22. The molecule has 0 saturated carbocycles. The van der Waals surface area contributed by atoms with E-state index in [9.17, 15) is 9.59 Å². The normalized spacial score (nSPS) is 12.1. The molecule has 0 aliphatic carbocycles. The summed E-state index contributed by atoms with van der Waals surface area (Å²) in [6.07, 6.45) is 0. The zero-order chi connectivity index (χ0) is 18.5. The molecule has 0 unspecified atom stereocenters. The number of hydrogen-bond acceptors (Lipinski definition) is 4. The first-order valence-electron chi connectivity index (χ1n) is 8.49. The standard InChI is InChI=1S/C19H21N5O2/c1-14(2)18(15-9-5-3-6-10-15)20-17(25)13-23-19(26)24(22-21-23)16-11-7-4-8-12-16/h3-12,14,18H,13H2,1-2H3,(H,20,25)/t18-/m1/s1. The third kappa shape index (κ3) is 3.88. The maximum Gasteiger partial charge on any atom is 0.368 e. The van der Waals surface area contributed by atoms with Gasteiger partial charge in [-0.1, -0.05) is 62.4 Å². The number of aromatic nitrogens is 4. The van der Waals surface area contributed by atoms with Gasteiger partial charge in [0.25, 0.3) is 0 Å². The van der Waals surface area contributed by atoms with E-state index in [1.54, 1.807) is 24.3 Å². The van der Waals surface area contributed by atoms with Gasteiger partial charge < -0.3 is 5.32 Å². The van der Waals surface area contributed by atoms with Gasteiger partial charge in [-0.2, -0.15) is 9.36 Å². The largest absolute Gasteiger partial charge is 0.368 e. The number of rotatable bonds is 6. The molecule has 0 aliphatic heterocycles. The minimum absolute atomic E-state index is 0.136. The molecule has 0 fully saturated rings. The molecule has 1 amide bonds. The van der Waals surface area contributed by atoms with Crippen LogP contribution in [-0.4, -0.2) is 25.7 Å². The van der Waals surface area contributed by atoms with Gasteiger partial charge in [0.15, 0.2) is 0 Å². The average molecular weight is 351 g/mol. The Balaban J connectivity index is 1.74. The molecule has 26 heavy (non-hydrogen) atoms. The van der Waals surface area contributed by atoms with Crippen LogP contribution in [0.1, 0.15) is 25.5 Å². The van der Waals surface area contributed by atoms with Gasteiger partial charge >= 0.3 is 5.69 Å².